The summed E-state index contributed by atoms with van der Waals surface area (Å²) in [4.78, 5) is 44.4. The summed E-state index contributed by atoms with van der Waals surface area (Å²) < 4.78 is 19.2. The first-order chi connectivity index (χ1) is 16.9. The Bertz CT molecular complexity index is 1140. The van der Waals surface area contributed by atoms with Gasteiger partial charge in [-0.05, 0) is 30.7 Å². The van der Waals surface area contributed by atoms with E-state index in [0.717, 1.165) is 5.56 Å². The van der Waals surface area contributed by atoms with Crippen molar-refractivity contribution < 1.29 is 23.5 Å². The predicted octanol–water partition coefficient (Wildman–Crippen LogP) is 3.85. The van der Waals surface area contributed by atoms with Gasteiger partial charge in [0.2, 0.25) is 17.7 Å². The van der Waals surface area contributed by atoms with Crippen molar-refractivity contribution in [3.8, 4) is 0 Å². The summed E-state index contributed by atoms with van der Waals surface area (Å²) in [5.74, 6) is -1.89. The molecule has 0 spiro atoms. The van der Waals surface area contributed by atoms with Gasteiger partial charge in [0, 0.05) is 43.8 Å². The third-order valence-corrected chi connectivity index (χ3v) is 5.79. The molecular weight excluding hydrogens is 471 g/mol. The number of ether oxygens (including phenoxy) is 1. The summed E-state index contributed by atoms with van der Waals surface area (Å²) in [6.45, 7) is 2.43. The molecule has 3 rings (SSSR count). The van der Waals surface area contributed by atoms with E-state index in [1.807, 2.05) is 19.1 Å². The van der Waals surface area contributed by atoms with E-state index in [2.05, 4.69) is 15.6 Å². The van der Waals surface area contributed by atoms with E-state index in [9.17, 15) is 18.8 Å². The quantitative estimate of drug-likeness (QED) is 0.391. The molecule has 0 bridgehead atoms. The highest BCUT2D eigenvalue weighted by molar-refractivity contribution is 7.13. The Labute approximate surface area is 207 Å². The molecule has 8 nitrogen and oxygen atoms in total. The lowest BCUT2D eigenvalue weighted by molar-refractivity contribution is -0.127. The summed E-state index contributed by atoms with van der Waals surface area (Å²) in [6, 6.07) is 11.6. The minimum Gasteiger partial charge on any atom is -0.383 e. The molecule has 3 amide bonds. The van der Waals surface area contributed by atoms with Crippen LogP contribution in [0.3, 0.4) is 0 Å². The number of anilines is 2. The van der Waals surface area contributed by atoms with Gasteiger partial charge in [0.05, 0.1) is 6.61 Å². The number of hydrogen-bond donors (Lipinski definition) is 2. The van der Waals surface area contributed by atoms with E-state index in [-0.39, 0.29) is 37.6 Å². The first-order valence-electron chi connectivity index (χ1n) is 11.0. The number of hydrogen-bond acceptors (Lipinski definition) is 6. The first kappa shape index (κ1) is 26.0. The van der Waals surface area contributed by atoms with Crippen LogP contribution in [0.4, 0.5) is 15.2 Å². The molecular formula is C25H27FN4O4S. The first-order valence-corrected chi connectivity index (χ1v) is 11.9. The van der Waals surface area contributed by atoms with Crippen LogP contribution < -0.4 is 15.5 Å². The fraction of sp³-hybridized carbons (Fsp3) is 0.280. The largest absolute Gasteiger partial charge is 0.383 e. The van der Waals surface area contributed by atoms with Crippen molar-refractivity contribution in [3.05, 3.63) is 77.1 Å². The van der Waals surface area contributed by atoms with Crippen molar-refractivity contribution in [2.75, 3.05) is 30.5 Å². The molecule has 0 aliphatic heterocycles. The number of carbonyl (C=O) groups excluding carboxylic acids is 3. The molecule has 0 unspecified atom stereocenters. The number of rotatable bonds is 11. The molecule has 0 fully saturated rings. The van der Waals surface area contributed by atoms with Crippen LogP contribution in [0.25, 0.3) is 0 Å². The Kier molecular flexibility index (Phi) is 9.45. The number of amides is 3. The van der Waals surface area contributed by atoms with Gasteiger partial charge in [0.15, 0.2) is 5.13 Å². The maximum Gasteiger partial charge on any atom is 0.247 e. The summed E-state index contributed by atoms with van der Waals surface area (Å²) >= 11 is 1.26. The van der Waals surface area contributed by atoms with Crippen LogP contribution in [0.2, 0.25) is 0 Å². The number of aromatic nitrogens is 1. The molecule has 35 heavy (non-hydrogen) atoms. The second-order valence-electron chi connectivity index (χ2n) is 7.73. The molecule has 0 aliphatic rings. The maximum absolute atomic E-state index is 14.2. The fourth-order valence-corrected chi connectivity index (χ4v) is 3.96. The molecule has 0 radical (unpaired) electrons. The zero-order valence-corrected chi connectivity index (χ0v) is 20.3. The summed E-state index contributed by atoms with van der Waals surface area (Å²) in [6.07, 6.45) is 1.24. The van der Waals surface area contributed by atoms with Crippen LogP contribution in [-0.4, -0.2) is 43.0 Å². The van der Waals surface area contributed by atoms with Gasteiger partial charge in [-0.3, -0.25) is 19.3 Å². The van der Waals surface area contributed by atoms with Gasteiger partial charge >= 0.3 is 0 Å². The second kappa shape index (κ2) is 12.7. The van der Waals surface area contributed by atoms with Crippen LogP contribution in [0.15, 0.2) is 60.1 Å². The third-order valence-electron chi connectivity index (χ3n) is 5.10. The average molecular weight is 499 g/mol. The van der Waals surface area contributed by atoms with E-state index >= 15 is 0 Å². The second-order valence-corrected chi connectivity index (χ2v) is 8.62. The molecule has 1 atom stereocenters. The zero-order chi connectivity index (χ0) is 25.2. The van der Waals surface area contributed by atoms with E-state index in [4.69, 9.17) is 4.74 Å². The van der Waals surface area contributed by atoms with E-state index in [0.29, 0.717) is 10.7 Å². The number of aryl methyl sites for hydroxylation is 1. The smallest absolute Gasteiger partial charge is 0.247 e. The highest BCUT2D eigenvalue weighted by Gasteiger charge is 2.33. The van der Waals surface area contributed by atoms with Crippen LogP contribution in [0, 0.1) is 12.7 Å². The number of nitrogens with one attached hydrogen (secondary N) is 2. The Morgan fingerprint density at radius 3 is 2.57 bits per heavy atom. The Morgan fingerprint density at radius 1 is 1.14 bits per heavy atom. The lowest BCUT2D eigenvalue weighted by Gasteiger charge is -2.31. The van der Waals surface area contributed by atoms with E-state index in [1.165, 1.54) is 41.5 Å². The molecule has 2 N–H and O–H groups in total. The minimum absolute atomic E-state index is 0.129. The summed E-state index contributed by atoms with van der Waals surface area (Å²) in [5.41, 5.74) is 1.74. The minimum atomic E-state index is -1.08. The Hall–Kier alpha value is -3.63. The zero-order valence-electron chi connectivity index (χ0n) is 19.5. The van der Waals surface area contributed by atoms with E-state index in [1.54, 1.807) is 29.8 Å². The molecule has 184 valence electrons. The van der Waals surface area contributed by atoms with Gasteiger partial charge in [-0.1, -0.05) is 35.9 Å². The third kappa shape index (κ3) is 7.43. The maximum atomic E-state index is 14.2. The number of carbonyl (C=O) groups is 3. The van der Waals surface area contributed by atoms with Crippen molar-refractivity contribution in [2.24, 2.45) is 0 Å². The molecule has 1 heterocycles. The van der Waals surface area contributed by atoms with Crippen molar-refractivity contribution in [1.82, 2.24) is 10.3 Å². The van der Waals surface area contributed by atoms with Crippen LogP contribution in [0.5, 0.6) is 0 Å². The van der Waals surface area contributed by atoms with Gasteiger partial charge in [-0.2, -0.15) is 0 Å². The fourth-order valence-electron chi connectivity index (χ4n) is 3.41. The van der Waals surface area contributed by atoms with Crippen molar-refractivity contribution in [1.29, 1.82) is 0 Å². The lowest BCUT2D eigenvalue weighted by atomic mass is 10.0. The molecule has 0 aliphatic carbocycles. The van der Waals surface area contributed by atoms with Gasteiger partial charge in [0.1, 0.15) is 11.9 Å². The van der Waals surface area contributed by atoms with Gasteiger partial charge in [-0.25, -0.2) is 9.37 Å². The summed E-state index contributed by atoms with van der Waals surface area (Å²) in [7, 11) is 1.52. The highest BCUT2D eigenvalue weighted by atomic mass is 32.1. The standard InChI is InChI=1S/C25H27FN4O4S/c1-17-6-8-18(9-7-17)23(24(33)27-12-14-34-2)30(20-5-3-4-19(26)16-20)22(32)11-10-21(31)29-25-28-13-15-35-25/h3-9,13,15-16,23H,10-12,14H2,1-2H3,(H,27,33)(H,28,29,31)/t23-/m1/s1. The van der Waals surface area contributed by atoms with Crippen molar-refractivity contribution in [3.63, 3.8) is 0 Å². The molecule has 2 aromatic carbocycles. The number of methoxy groups -OCH3 is 1. The van der Waals surface area contributed by atoms with Gasteiger partial charge < -0.3 is 15.4 Å². The Balaban J connectivity index is 1.91. The molecule has 1 aromatic heterocycles. The van der Waals surface area contributed by atoms with Crippen molar-refractivity contribution in [2.45, 2.75) is 25.8 Å². The van der Waals surface area contributed by atoms with E-state index < -0.39 is 23.7 Å². The topological polar surface area (TPSA) is 101 Å². The van der Waals surface area contributed by atoms with Crippen LogP contribution in [0.1, 0.15) is 30.0 Å². The Morgan fingerprint density at radius 2 is 1.91 bits per heavy atom. The van der Waals surface area contributed by atoms with Gasteiger partial charge in [0.25, 0.3) is 0 Å². The SMILES string of the molecule is COCCNC(=O)[C@@H](c1ccc(C)cc1)N(C(=O)CCC(=O)Nc1nccs1)c1cccc(F)c1. The molecule has 0 saturated heterocycles. The van der Waals surface area contributed by atoms with Crippen LogP contribution >= 0.6 is 11.3 Å². The summed E-state index contributed by atoms with van der Waals surface area (Å²) in [5, 5.41) is 7.56. The number of nitrogens with zero attached hydrogens (tertiary/aromatic N) is 2. The molecule has 10 heteroatoms. The number of thiazole rings is 1. The van der Waals surface area contributed by atoms with Gasteiger partial charge in [-0.15, -0.1) is 11.3 Å². The number of halogens is 1. The van der Waals surface area contributed by atoms with Crippen molar-refractivity contribution >= 4 is 39.9 Å². The number of benzene rings is 2. The lowest BCUT2D eigenvalue weighted by Crippen LogP contribution is -2.45. The molecule has 0 saturated carbocycles. The monoisotopic (exact) mass is 498 g/mol. The highest BCUT2D eigenvalue weighted by Crippen LogP contribution is 2.30. The average Bonchev–Trinajstić information content (AvgIpc) is 3.35. The molecule has 3 aromatic rings. The predicted molar refractivity (Wildman–Crippen MR) is 133 cm³/mol. The van der Waals surface area contributed by atoms with Crippen LogP contribution in [-0.2, 0) is 19.1 Å². The normalized spacial score (nSPS) is 11.5.